The second-order valence-corrected chi connectivity index (χ2v) is 5.52. The molecule has 0 saturated heterocycles. The molecule has 0 aliphatic carbocycles. The number of likely N-dealkylation sites (N-methyl/N-ethyl adjacent to an activating group) is 1. The molecule has 0 fully saturated rings. The van der Waals surface area contributed by atoms with Crippen molar-refractivity contribution < 1.29 is 14.5 Å². The number of nitrogens with zero attached hydrogens (tertiary/aromatic N) is 1. The van der Waals surface area contributed by atoms with Gasteiger partial charge in [-0.2, -0.15) is 0 Å². The summed E-state index contributed by atoms with van der Waals surface area (Å²) in [5.41, 5.74) is 1.52. The van der Waals surface area contributed by atoms with E-state index in [2.05, 4.69) is 19.2 Å². The minimum Gasteiger partial charge on any atom is -0.328 e. The second-order valence-electron chi connectivity index (χ2n) is 5.52. The van der Waals surface area contributed by atoms with Crippen LogP contribution < -0.4 is 15.1 Å². The van der Waals surface area contributed by atoms with Gasteiger partial charge in [-0.05, 0) is 32.9 Å². The summed E-state index contributed by atoms with van der Waals surface area (Å²) < 4.78 is 0. The van der Waals surface area contributed by atoms with Crippen molar-refractivity contribution in [1.29, 1.82) is 0 Å². The Morgan fingerprint density at radius 2 is 2.00 bits per heavy atom. The van der Waals surface area contributed by atoms with Crippen molar-refractivity contribution in [3.05, 3.63) is 24.3 Å². The maximum Gasteiger partial charge on any atom is 0.282 e. The molecule has 0 aromatic heterocycles. The molecule has 5 heteroatoms. The molecule has 1 aliphatic rings. The van der Waals surface area contributed by atoms with Crippen molar-refractivity contribution in [2.75, 3.05) is 29.9 Å². The van der Waals surface area contributed by atoms with Crippen LogP contribution in [0.5, 0.6) is 0 Å². The number of amides is 2. The predicted octanol–water partition coefficient (Wildman–Crippen LogP) is 0.675. The number of quaternary nitrogens is 1. The van der Waals surface area contributed by atoms with Crippen LogP contribution >= 0.6 is 0 Å². The summed E-state index contributed by atoms with van der Waals surface area (Å²) in [4.78, 5) is 27.6. The van der Waals surface area contributed by atoms with E-state index in [4.69, 9.17) is 0 Å². The smallest absolute Gasteiger partial charge is 0.282 e. The molecule has 5 nitrogen and oxygen atoms in total. The molecule has 2 N–H and O–H groups in total. The Bertz CT molecular complexity index is 526. The number of hydrogen-bond acceptors (Lipinski definition) is 2. The van der Waals surface area contributed by atoms with E-state index < -0.39 is 0 Å². The molecule has 1 heterocycles. The van der Waals surface area contributed by atoms with Crippen molar-refractivity contribution in [2.24, 2.45) is 0 Å². The van der Waals surface area contributed by atoms with Gasteiger partial charge >= 0.3 is 0 Å². The molecular weight excluding hydrogens is 266 g/mol. The van der Waals surface area contributed by atoms with Gasteiger partial charge in [-0.15, -0.1) is 0 Å². The quantitative estimate of drug-likeness (QED) is 0.856. The Labute approximate surface area is 125 Å². The molecule has 1 aliphatic heterocycles. The first-order chi connectivity index (χ1) is 10.1. The Balaban J connectivity index is 2.32. The summed E-state index contributed by atoms with van der Waals surface area (Å²) in [7, 11) is 0. The van der Waals surface area contributed by atoms with Crippen LogP contribution in [0.1, 0.15) is 27.2 Å². The van der Waals surface area contributed by atoms with Crippen molar-refractivity contribution in [2.45, 2.75) is 33.2 Å². The molecule has 114 valence electrons. The molecule has 21 heavy (non-hydrogen) atoms. The topological polar surface area (TPSA) is 53.9 Å². The molecule has 1 atom stereocenters. The van der Waals surface area contributed by atoms with Gasteiger partial charge in [0.2, 0.25) is 5.91 Å². The molecule has 1 aromatic rings. The van der Waals surface area contributed by atoms with Crippen LogP contribution in [0.4, 0.5) is 11.4 Å². The third-order valence-electron chi connectivity index (χ3n) is 4.03. The minimum atomic E-state index is -0.129. The molecule has 2 rings (SSSR count). The number of para-hydroxylation sites is 2. The fraction of sp³-hybridized carbons (Fsp3) is 0.500. The highest BCUT2D eigenvalue weighted by atomic mass is 16.2. The van der Waals surface area contributed by atoms with Gasteiger partial charge in [-0.25, -0.2) is 0 Å². The van der Waals surface area contributed by atoms with Gasteiger partial charge in [-0.3, -0.25) is 9.59 Å². The highest BCUT2D eigenvalue weighted by molar-refractivity contribution is 6.04. The predicted molar refractivity (Wildman–Crippen MR) is 83.5 cm³/mol. The number of rotatable bonds is 4. The summed E-state index contributed by atoms with van der Waals surface area (Å²) in [6.45, 7) is 8.39. The molecule has 2 amide bonds. The Hall–Kier alpha value is -1.88. The number of nitrogens with one attached hydrogen (secondary N) is 2. The third-order valence-corrected chi connectivity index (χ3v) is 4.03. The molecular formula is C16H24N3O2+. The lowest BCUT2D eigenvalue weighted by molar-refractivity contribution is -0.888. The van der Waals surface area contributed by atoms with Crippen LogP contribution in [0.25, 0.3) is 0 Å². The largest absolute Gasteiger partial charge is 0.328 e. The van der Waals surface area contributed by atoms with Crippen molar-refractivity contribution in [3.8, 4) is 0 Å². The second kappa shape index (κ2) is 6.72. The Kier molecular flexibility index (Phi) is 4.96. The fourth-order valence-electron chi connectivity index (χ4n) is 2.77. The van der Waals surface area contributed by atoms with Gasteiger partial charge in [0.15, 0.2) is 6.54 Å². The number of benzene rings is 1. The molecule has 0 radical (unpaired) electrons. The van der Waals surface area contributed by atoms with Crippen LogP contribution in [0.2, 0.25) is 0 Å². The summed E-state index contributed by atoms with van der Waals surface area (Å²) in [6, 6.07) is 7.38. The summed E-state index contributed by atoms with van der Waals surface area (Å²) in [5.74, 6) is 0.0330. The Morgan fingerprint density at radius 1 is 1.33 bits per heavy atom. The molecule has 0 saturated carbocycles. The number of fused-ring (bicyclic) bond motifs is 1. The van der Waals surface area contributed by atoms with E-state index in [9.17, 15) is 9.59 Å². The molecule has 0 unspecified atom stereocenters. The maximum atomic E-state index is 12.7. The zero-order chi connectivity index (χ0) is 15.4. The zero-order valence-corrected chi connectivity index (χ0v) is 13.0. The van der Waals surface area contributed by atoms with Gasteiger partial charge in [0.05, 0.1) is 24.5 Å². The monoisotopic (exact) mass is 290 g/mol. The van der Waals surface area contributed by atoms with Crippen molar-refractivity contribution >= 4 is 23.2 Å². The van der Waals surface area contributed by atoms with Crippen LogP contribution in [0.15, 0.2) is 24.3 Å². The van der Waals surface area contributed by atoms with Crippen molar-refractivity contribution in [1.82, 2.24) is 0 Å². The number of carbonyl (C=O) groups excluding carboxylic acids is 2. The van der Waals surface area contributed by atoms with E-state index in [1.807, 2.05) is 31.2 Å². The Morgan fingerprint density at radius 3 is 2.67 bits per heavy atom. The summed E-state index contributed by atoms with van der Waals surface area (Å²) in [5, 5.41) is 2.88. The van der Waals surface area contributed by atoms with Crippen LogP contribution in [-0.2, 0) is 9.59 Å². The molecule has 1 aromatic carbocycles. The van der Waals surface area contributed by atoms with E-state index in [1.54, 1.807) is 4.90 Å². The van der Waals surface area contributed by atoms with Gasteiger partial charge in [0.1, 0.15) is 0 Å². The van der Waals surface area contributed by atoms with Crippen LogP contribution in [0.3, 0.4) is 0 Å². The minimum absolute atomic E-state index is 0.0413. The molecule has 0 spiro atoms. The van der Waals surface area contributed by atoms with Gasteiger partial charge < -0.3 is 15.1 Å². The average Bonchev–Trinajstić information content (AvgIpc) is 2.58. The highest BCUT2D eigenvalue weighted by Crippen LogP contribution is 2.30. The maximum absolute atomic E-state index is 12.7. The fourth-order valence-corrected chi connectivity index (χ4v) is 2.77. The number of carbonyl (C=O) groups is 2. The lowest BCUT2D eigenvalue weighted by Crippen LogP contribution is -3.12. The zero-order valence-electron chi connectivity index (χ0n) is 13.0. The highest BCUT2D eigenvalue weighted by Gasteiger charge is 2.30. The van der Waals surface area contributed by atoms with E-state index in [1.165, 1.54) is 4.90 Å². The first-order valence-corrected chi connectivity index (χ1v) is 7.61. The van der Waals surface area contributed by atoms with Crippen LogP contribution in [0, 0.1) is 0 Å². The SMILES string of the molecule is CC[NH+](CC)CC(=O)N1c2ccccc2NC(=O)C[C@H]1C. The first kappa shape index (κ1) is 15.5. The summed E-state index contributed by atoms with van der Waals surface area (Å²) in [6.07, 6.45) is 0.327. The van der Waals surface area contributed by atoms with E-state index >= 15 is 0 Å². The van der Waals surface area contributed by atoms with E-state index in [0.29, 0.717) is 13.0 Å². The lowest BCUT2D eigenvalue weighted by Gasteiger charge is -2.29. The van der Waals surface area contributed by atoms with Gasteiger partial charge in [-0.1, -0.05) is 12.1 Å². The van der Waals surface area contributed by atoms with E-state index in [0.717, 1.165) is 24.5 Å². The standard InChI is InChI=1S/C16H23N3O2/c1-4-18(5-2)11-16(21)19-12(3)10-15(20)17-13-8-6-7-9-14(13)19/h6-9,12H,4-5,10-11H2,1-3H3,(H,17,20)/p+1/t12-/m1/s1. The normalized spacial score (nSPS) is 18.2. The van der Waals surface area contributed by atoms with E-state index in [-0.39, 0.29) is 17.9 Å². The third kappa shape index (κ3) is 3.42. The van der Waals surface area contributed by atoms with Crippen LogP contribution in [-0.4, -0.2) is 37.5 Å². The average molecular weight is 290 g/mol. The summed E-state index contributed by atoms with van der Waals surface area (Å²) >= 11 is 0. The van der Waals surface area contributed by atoms with Crippen molar-refractivity contribution in [3.63, 3.8) is 0 Å². The first-order valence-electron chi connectivity index (χ1n) is 7.61. The van der Waals surface area contributed by atoms with Gasteiger partial charge in [0, 0.05) is 12.5 Å². The lowest BCUT2D eigenvalue weighted by atomic mass is 10.1. The molecule has 0 bridgehead atoms. The van der Waals surface area contributed by atoms with Gasteiger partial charge in [0.25, 0.3) is 5.91 Å². The number of anilines is 2. The number of hydrogen-bond donors (Lipinski definition) is 2.